The van der Waals surface area contributed by atoms with Gasteiger partial charge in [-0.3, -0.25) is 0 Å². The van der Waals surface area contributed by atoms with Crippen LogP contribution in [0.25, 0.3) is 0 Å². The second-order valence-corrected chi connectivity index (χ2v) is 6.08. The lowest BCUT2D eigenvalue weighted by Gasteiger charge is -2.29. The molecule has 0 bridgehead atoms. The van der Waals surface area contributed by atoms with Gasteiger partial charge in [-0.05, 0) is 61.1 Å². The molecule has 21 heavy (non-hydrogen) atoms. The number of hydrogen-bond acceptors (Lipinski definition) is 1. The van der Waals surface area contributed by atoms with Gasteiger partial charge in [0.15, 0.2) is 11.6 Å². The highest BCUT2D eigenvalue weighted by Crippen LogP contribution is 2.37. The number of phenols is 1. The number of phenolic OH excluding ortho intramolecular Hbond substituents is 1. The van der Waals surface area contributed by atoms with Crippen LogP contribution in [0.2, 0.25) is 0 Å². The van der Waals surface area contributed by atoms with E-state index in [1.807, 2.05) is 0 Å². The van der Waals surface area contributed by atoms with Crippen LogP contribution in [0, 0.1) is 11.7 Å². The Hall–Kier alpha value is -1.83. The SMILES string of the molecule is Oc1cccc(CC2CCC(c3ccccc3)CC2)c1F. The van der Waals surface area contributed by atoms with Crippen LogP contribution in [-0.4, -0.2) is 5.11 Å². The average Bonchev–Trinajstić information content (AvgIpc) is 2.53. The largest absolute Gasteiger partial charge is 0.505 e. The number of aromatic hydroxyl groups is 1. The molecule has 2 heteroatoms. The van der Waals surface area contributed by atoms with Gasteiger partial charge in [0.1, 0.15) is 0 Å². The van der Waals surface area contributed by atoms with Gasteiger partial charge < -0.3 is 5.11 Å². The molecule has 1 saturated carbocycles. The molecule has 1 N–H and O–H groups in total. The van der Waals surface area contributed by atoms with Crippen molar-refractivity contribution in [1.29, 1.82) is 0 Å². The molecule has 110 valence electrons. The van der Waals surface area contributed by atoms with E-state index < -0.39 is 5.82 Å². The molecule has 0 unspecified atom stereocenters. The molecule has 1 fully saturated rings. The smallest absolute Gasteiger partial charge is 0.167 e. The summed E-state index contributed by atoms with van der Waals surface area (Å²) < 4.78 is 13.8. The predicted molar refractivity (Wildman–Crippen MR) is 82.9 cm³/mol. The van der Waals surface area contributed by atoms with E-state index >= 15 is 0 Å². The molecule has 0 spiro atoms. The van der Waals surface area contributed by atoms with Gasteiger partial charge >= 0.3 is 0 Å². The molecule has 3 rings (SSSR count). The fraction of sp³-hybridized carbons (Fsp3) is 0.368. The van der Waals surface area contributed by atoms with Crippen LogP contribution < -0.4 is 0 Å². The fourth-order valence-electron chi connectivity index (χ4n) is 3.46. The summed E-state index contributed by atoms with van der Waals surface area (Å²) in [6.07, 6.45) is 5.36. The van der Waals surface area contributed by atoms with E-state index in [0.717, 1.165) is 19.3 Å². The highest BCUT2D eigenvalue weighted by atomic mass is 19.1. The van der Waals surface area contributed by atoms with E-state index in [0.29, 0.717) is 17.4 Å². The lowest BCUT2D eigenvalue weighted by Crippen LogP contribution is -2.15. The van der Waals surface area contributed by atoms with E-state index in [-0.39, 0.29) is 5.75 Å². The topological polar surface area (TPSA) is 20.2 Å². The molecule has 1 aliphatic rings. The second kappa shape index (κ2) is 6.30. The fourth-order valence-corrected chi connectivity index (χ4v) is 3.46. The van der Waals surface area contributed by atoms with E-state index in [2.05, 4.69) is 30.3 Å². The summed E-state index contributed by atoms with van der Waals surface area (Å²) in [5.74, 6) is 0.505. The molecule has 1 aliphatic carbocycles. The number of halogens is 1. The van der Waals surface area contributed by atoms with Crippen molar-refractivity contribution in [3.05, 3.63) is 65.5 Å². The van der Waals surface area contributed by atoms with Crippen molar-refractivity contribution in [2.24, 2.45) is 5.92 Å². The van der Waals surface area contributed by atoms with Crippen molar-refractivity contribution >= 4 is 0 Å². The summed E-state index contributed by atoms with van der Waals surface area (Å²) >= 11 is 0. The molecule has 0 aromatic heterocycles. The maximum absolute atomic E-state index is 13.8. The Labute approximate surface area is 125 Å². The van der Waals surface area contributed by atoms with Crippen molar-refractivity contribution < 1.29 is 9.50 Å². The van der Waals surface area contributed by atoms with Crippen LogP contribution in [0.4, 0.5) is 4.39 Å². The van der Waals surface area contributed by atoms with Gasteiger partial charge in [-0.15, -0.1) is 0 Å². The first-order valence-electron chi connectivity index (χ1n) is 7.75. The van der Waals surface area contributed by atoms with Crippen LogP contribution in [0.3, 0.4) is 0 Å². The summed E-state index contributed by atoms with van der Waals surface area (Å²) in [7, 11) is 0. The van der Waals surface area contributed by atoms with Gasteiger partial charge in [0.05, 0.1) is 0 Å². The summed E-state index contributed by atoms with van der Waals surface area (Å²) in [5.41, 5.74) is 2.08. The zero-order valence-electron chi connectivity index (χ0n) is 12.1. The minimum Gasteiger partial charge on any atom is -0.505 e. The van der Waals surface area contributed by atoms with Gasteiger partial charge in [-0.2, -0.15) is 0 Å². The van der Waals surface area contributed by atoms with Gasteiger partial charge in [-0.1, -0.05) is 42.5 Å². The summed E-state index contributed by atoms with van der Waals surface area (Å²) in [6.45, 7) is 0. The van der Waals surface area contributed by atoms with Crippen molar-refractivity contribution in [2.45, 2.75) is 38.0 Å². The molecule has 0 heterocycles. The van der Waals surface area contributed by atoms with Gasteiger partial charge in [0, 0.05) is 0 Å². The third-order valence-electron chi connectivity index (χ3n) is 4.68. The van der Waals surface area contributed by atoms with Gasteiger partial charge in [-0.25, -0.2) is 4.39 Å². The highest BCUT2D eigenvalue weighted by molar-refractivity contribution is 5.30. The molecule has 2 aromatic rings. The molecule has 1 nitrogen and oxygen atoms in total. The lowest BCUT2D eigenvalue weighted by atomic mass is 9.76. The normalized spacial score (nSPS) is 22.1. The van der Waals surface area contributed by atoms with Crippen LogP contribution in [0.5, 0.6) is 5.75 Å². The molecule has 0 aliphatic heterocycles. The lowest BCUT2D eigenvalue weighted by molar-refractivity contribution is 0.320. The standard InChI is InChI=1S/C19H21FO/c20-19-17(7-4-8-18(19)21)13-14-9-11-16(12-10-14)15-5-2-1-3-6-15/h1-8,14,16,21H,9-13H2. The number of rotatable bonds is 3. The third kappa shape index (κ3) is 3.26. The van der Waals surface area contributed by atoms with E-state index in [9.17, 15) is 9.50 Å². The van der Waals surface area contributed by atoms with Crippen LogP contribution in [0.1, 0.15) is 42.7 Å². The van der Waals surface area contributed by atoms with Crippen molar-refractivity contribution in [1.82, 2.24) is 0 Å². The van der Waals surface area contributed by atoms with Crippen LogP contribution >= 0.6 is 0 Å². The molecule has 0 saturated heterocycles. The summed E-state index contributed by atoms with van der Waals surface area (Å²) in [5, 5.41) is 9.45. The Balaban J connectivity index is 1.60. The van der Waals surface area contributed by atoms with E-state index in [4.69, 9.17) is 0 Å². The van der Waals surface area contributed by atoms with Crippen molar-refractivity contribution in [3.8, 4) is 5.75 Å². The van der Waals surface area contributed by atoms with Crippen LogP contribution in [-0.2, 0) is 6.42 Å². The Kier molecular flexibility index (Phi) is 4.23. The molecule has 2 aromatic carbocycles. The highest BCUT2D eigenvalue weighted by Gasteiger charge is 2.23. The Morgan fingerprint density at radius 2 is 1.62 bits per heavy atom. The Morgan fingerprint density at radius 3 is 2.33 bits per heavy atom. The quantitative estimate of drug-likeness (QED) is 0.836. The van der Waals surface area contributed by atoms with Gasteiger partial charge in [0.25, 0.3) is 0 Å². The first-order valence-corrected chi connectivity index (χ1v) is 7.75. The molecule has 0 atom stereocenters. The maximum Gasteiger partial charge on any atom is 0.167 e. The van der Waals surface area contributed by atoms with Crippen molar-refractivity contribution in [3.63, 3.8) is 0 Å². The maximum atomic E-state index is 13.8. The summed E-state index contributed by atoms with van der Waals surface area (Å²) in [4.78, 5) is 0. The Bertz CT molecular complexity index is 586. The molecular weight excluding hydrogens is 263 g/mol. The Morgan fingerprint density at radius 1 is 0.905 bits per heavy atom. The third-order valence-corrected chi connectivity index (χ3v) is 4.68. The second-order valence-electron chi connectivity index (χ2n) is 6.08. The minimum atomic E-state index is -0.442. The zero-order valence-corrected chi connectivity index (χ0v) is 12.1. The van der Waals surface area contributed by atoms with Crippen LogP contribution in [0.15, 0.2) is 48.5 Å². The molecule has 0 radical (unpaired) electrons. The zero-order chi connectivity index (χ0) is 14.7. The first-order chi connectivity index (χ1) is 10.2. The monoisotopic (exact) mass is 284 g/mol. The first kappa shape index (κ1) is 14.1. The average molecular weight is 284 g/mol. The molecular formula is C19H21FO. The summed E-state index contributed by atoms with van der Waals surface area (Å²) in [6, 6.07) is 15.6. The van der Waals surface area contributed by atoms with Gasteiger partial charge in [0.2, 0.25) is 0 Å². The van der Waals surface area contributed by atoms with E-state index in [1.54, 1.807) is 12.1 Å². The minimum absolute atomic E-state index is 0.231. The van der Waals surface area contributed by atoms with Crippen molar-refractivity contribution in [2.75, 3.05) is 0 Å². The van der Waals surface area contributed by atoms with E-state index in [1.165, 1.54) is 24.5 Å². The predicted octanol–water partition coefficient (Wildman–Crippen LogP) is 5.05. The number of hydrogen-bond donors (Lipinski definition) is 1. The molecule has 0 amide bonds. The number of benzene rings is 2.